The summed E-state index contributed by atoms with van der Waals surface area (Å²) in [4.78, 5) is 14.5. The Labute approximate surface area is 143 Å². The lowest BCUT2D eigenvalue weighted by Crippen LogP contribution is -2.47. The molecule has 1 aromatic rings. The summed E-state index contributed by atoms with van der Waals surface area (Å²) in [5, 5.41) is 0. The van der Waals surface area contributed by atoms with Gasteiger partial charge in [0.15, 0.2) is 6.61 Å². The lowest BCUT2D eigenvalue weighted by molar-refractivity contribution is -0.136. The van der Waals surface area contributed by atoms with Crippen LogP contribution < -0.4 is 10.5 Å². The molecule has 2 N–H and O–H groups in total. The molecule has 0 aromatic heterocycles. The summed E-state index contributed by atoms with van der Waals surface area (Å²) in [7, 11) is 0. The first-order chi connectivity index (χ1) is 11.7. The van der Waals surface area contributed by atoms with Gasteiger partial charge in [0.1, 0.15) is 5.75 Å². The Bertz CT molecular complexity index is 598. The van der Waals surface area contributed by atoms with E-state index in [9.17, 15) is 4.79 Å². The van der Waals surface area contributed by atoms with Crippen LogP contribution in [0.4, 0.5) is 0 Å². The number of carbonyl (C=O) groups is 1. The van der Waals surface area contributed by atoms with Crippen molar-refractivity contribution in [3.8, 4) is 5.75 Å². The number of carbonyl (C=O) groups excluding carboxylic acids is 1. The van der Waals surface area contributed by atoms with Gasteiger partial charge < -0.3 is 20.1 Å². The lowest BCUT2D eigenvalue weighted by Gasteiger charge is -2.31. The molecule has 1 saturated heterocycles. The molecule has 2 fully saturated rings. The van der Waals surface area contributed by atoms with Crippen LogP contribution in [0, 0.1) is 0 Å². The first-order valence-corrected chi connectivity index (χ1v) is 9.11. The van der Waals surface area contributed by atoms with Crippen molar-refractivity contribution < 1.29 is 14.3 Å². The number of nitrogens with zero attached hydrogens (tertiary/aromatic N) is 1. The van der Waals surface area contributed by atoms with Gasteiger partial charge in [-0.3, -0.25) is 4.79 Å². The molecule has 1 aromatic carbocycles. The van der Waals surface area contributed by atoms with Crippen molar-refractivity contribution in [3.63, 3.8) is 0 Å². The van der Waals surface area contributed by atoms with Crippen LogP contribution in [0.15, 0.2) is 24.3 Å². The van der Waals surface area contributed by atoms with Crippen molar-refractivity contribution in [2.75, 3.05) is 19.8 Å². The summed E-state index contributed by atoms with van der Waals surface area (Å²) in [6.45, 7) is 1.33. The zero-order valence-corrected chi connectivity index (χ0v) is 14.0. The summed E-state index contributed by atoms with van der Waals surface area (Å²) in [6.07, 6.45) is 5.48. The van der Waals surface area contributed by atoms with E-state index < -0.39 is 0 Å². The SMILES string of the molecule is N[C@H]1CCN2C(=O)COc3ccccc3[C@H]3CC[C@H](CC3)OC[C@@H]12. The third kappa shape index (κ3) is 3.03. The standard InChI is InChI=1S/C19H26N2O3/c20-16-9-10-21-17(16)11-23-14-7-5-13(6-8-14)15-3-1-2-4-18(15)24-12-19(21)22/h1-4,13-14,16-17H,5-12,20H2/t13-,14+,16-,17-/m0/s1. The minimum atomic E-state index is -0.0187. The van der Waals surface area contributed by atoms with Crippen LogP contribution in [0.25, 0.3) is 0 Å². The van der Waals surface area contributed by atoms with Gasteiger partial charge in [-0.1, -0.05) is 18.2 Å². The number of para-hydroxylation sites is 1. The predicted octanol–water partition coefficient (Wildman–Crippen LogP) is 2.05. The average Bonchev–Trinajstić information content (AvgIpc) is 2.99. The third-order valence-electron chi connectivity index (χ3n) is 5.81. The van der Waals surface area contributed by atoms with Crippen molar-refractivity contribution >= 4 is 5.91 Å². The fourth-order valence-corrected chi connectivity index (χ4v) is 4.35. The molecule has 0 unspecified atom stereocenters. The summed E-state index contributed by atoms with van der Waals surface area (Å²) >= 11 is 0. The zero-order chi connectivity index (χ0) is 16.5. The number of hydrogen-bond donors (Lipinski definition) is 1. The van der Waals surface area contributed by atoms with Gasteiger partial charge in [0, 0.05) is 12.6 Å². The number of rotatable bonds is 0. The molecular weight excluding hydrogens is 304 g/mol. The van der Waals surface area contributed by atoms with Crippen LogP contribution >= 0.6 is 0 Å². The van der Waals surface area contributed by atoms with Gasteiger partial charge in [0.2, 0.25) is 0 Å². The van der Waals surface area contributed by atoms with Crippen LogP contribution in [0.5, 0.6) is 5.75 Å². The van der Waals surface area contributed by atoms with Crippen molar-refractivity contribution in [2.45, 2.75) is 56.2 Å². The number of nitrogens with two attached hydrogens (primary N) is 1. The van der Waals surface area contributed by atoms with E-state index in [1.165, 1.54) is 5.56 Å². The Kier molecular flexibility index (Phi) is 4.46. The minimum Gasteiger partial charge on any atom is -0.483 e. The first-order valence-electron chi connectivity index (χ1n) is 9.11. The molecule has 2 atom stereocenters. The highest BCUT2D eigenvalue weighted by Crippen LogP contribution is 2.38. The van der Waals surface area contributed by atoms with E-state index in [1.807, 2.05) is 17.0 Å². The molecule has 3 heterocycles. The highest BCUT2D eigenvalue weighted by molar-refractivity contribution is 5.78. The van der Waals surface area contributed by atoms with Crippen molar-refractivity contribution in [1.29, 1.82) is 0 Å². The van der Waals surface area contributed by atoms with E-state index in [1.54, 1.807) is 0 Å². The Morgan fingerprint density at radius 2 is 1.88 bits per heavy atom. The molecule has 1 saturated carbocycles. The maximum atomic E-state index is 12.6. The molecule has 0 spiro atoms. The van der Waals surface area contributed by atoms with Gasteiger partial charge in [-0.05, 0) is 49.7 Å². The van der Waals surface area contributed by atoms with Crippen LogP contribution in [-0.4, -0.2) is 48.8 Å². The second-order valence-electron chi connectivity index (χ2n) is 7.24. The summed E-state index contributed by atoms with van der Waals surface area (Å²) < 4.78 is 12.1. The Morgan fingerprint density at radius 1 is 1.08 bits per heavy atom. The Hall–Kier alpha value is -1.59. The fourth-order valence-electron chi connectivity index (χ4n) is 4.35. The highest BCUT2D eigenvalue weighted by Gasteiger charge is 2.36. The third-order valence-corrected chi connectivity index (χ3v) is 5.81. The normalized spacial score (nSPS) is 33.7. The van der Waals surface area contributed by atoms with Gasteiger partial charge >= 0.3 is 0 Å². The van der Waals surface area contributed by atoms with Gasteiger partial charge in [-0.2, -0.15) is 0 Å². The van der Waals surface area contributed by atoms with Gasteiger partial charge in [-0.25, -0.2) is 0 Å². The largest absolute Gasteiger partial charge is 0.483 e. The first kappa shape index (κ1) is 15.9. The molecule has 5 nitrogen and oxygen atoms in total. The van der Waals surface area contributed by atoms with Crippen LogP contribution in [-0.2, 0) is 9.53 Å². The van der Waals surface area contributed by atoms with Crippen LogP contribution in [0.2, 0.25) is 0 Å². The van der Waals surface area contributed by atoms with E-state index in [0.29, 0.717) is 25.2 Å². The van der Waals surface area contributed by atoms with Crippen LogP contribution in [0.1, 0.15) is 43.6 Å². The Morgan fingerprint density at radius 3 is 2.71 bits per heavy atom. The second kappa shape index (κ2) is 6.73. The Balaban J connectivity index is 1.61. The molecule has 24 heavy (non-hydrogen) atoms. The van der Waals surface area contributed by atoms with Crippen molar-refractivity contribution in [3.05, 3.63) is 29.8 Å². The smallest absolute Gasteiger partial charge is 0.260 e. The molecule has 5 rings (SSSR count). The van der Waals surface area contributed by atoms with Crippen molar-refractivity contribution in [2.24, 2.45) is 5.73 Å². The number of benzene rings is 1. The van der Waals surface area contributed by atoms with Gasteiger partial charge in [0.25, 0.3) is 5.91 Å². The topological polar surface area (TPSA) is 64.8 Å². The number of hydrogen-bond acceptors (Lipinski definition) is 4. The van der Waals surface area contributed by atoms with Gasteiger partial charge in [0.05, 0.1) is 18.8 Å². The fraction of sp³-hybridized carbons (Fsp3) is 0.632. The van der Waals surface area contributed by atoms with E-state index in [4.69, 9.17) is 15.2 Å². The minimum absolute atomic E-state index is 0.00250. The molecular formula is C19H26N2O3. The molecule has 130 valence electrons. The molecule has 1 aliphatic carbocycles. The van der Waals surface area contributed by atoms with E-state index in [0.717, 1.165) is 37.9 Å². The molecule has 3 aliphatic heterocycles. The number of ether oxygens (including phenoxy) is 2. The maximum absolute atomic E-state index is 12.6. The molecule has 5 heteroatoms. The summed E-state index contributed by atoms with van der Waals surface area (Å²) in [5.74, 6) is 1.37. The molecule has 2 bridgehead atoms. The lowest BCUT2D eigenvalue weighted by atomic mass is 9.82. The number of amides is 1. The molecule has 4 aliphatic rings. The summed E-state index contributed by atoms with van der Waals surface area (Å²) in [5.41, 5.74) is 7.46. The summed E-state index contributed by atoms with van der Waals surface area (Å²) in [6, 6.07) is 8.14. The van der Waals surface area contributed by atoms with Crippen molar-refractivity contribution in [1.82, 2.24) is 4.90 Å². The van der Waals surface area contributed by atoms with E-state index >= 15 is 0 Å². The highest BCUT2D eigenvalue weighted by atomic mass is 16.5. The average molecular weight is 330 g/mol. The van der Waals surface area contributed by atoms with E-state index in [2.05, 4.69) is 12.1 Å². The molecule has 0 radical (unpaired) electrons. The number of fused-ring (bicyclic) bond motifs is 5. The van der Waals surface area contributed by atoms with Crippen LogP contribution in [0.3, 0.4) is 0 Å². The predicted molar refractivity (Wildman–Crippen MR) is 91.0 cm³/mol. The van der Waals surface area contributed by atoms with E-state index in [-0.39, 0.29) is 24.6 Å². The quantitative estimate of drug-likeness (QED) is 0.791. The molecule has 1 amide bonds. The maximum Gasteiger partial charge on any atom is 0.260 e. The monoisotopic (exact) mass is 330 g/mol. The second-order valence-corrected chi connectivity index (χ2v) is 7.24. The van der Waals surface area contributed by atoms with Gasteiger partial charge in [-0.15, -0.1) is 0 Å². The zero-order valence-electron chi connectivity index (χ0n) is 14.0.